The summed E-state index contributed by atoms with van der Waals surface area (Å²) in [7, 11) is 0. The lowest BCUT2D eigenvalue weighted by Crippen LogP contribution is -2.40. The van der Waals surface area contributed by atoms with E-state index in [4.69, 9.17) is 0 Å². The van der Waals surface area contributed by atoms with Crippen molar-refractivity contribution in [2.24, 2.45) is 5.92 Å². The number of rotatable bonds is 1. The van der Waals surface area contributed by atoms with Crippen LogP contribution in [0.5, 0.6) is 0 Å². The summed E-state index contributed by atoms with van der Waals surface area (Å²) in [6, 6.07) is 0. The predicted octanol–water partition coefficient (Wildman–Crippen LogP) is 0.782. The first-order valence-electron chi connectivity index (χ1n) is 2.77. The summed E-state index contributed by atoms with van der Waals surface area (Å²) >= 11 is 0. The molecule has 0 saturated carbocycles. The molecule has 0 bridgehead atoms. The quantitative estimate of drug-likeness (QED) is 0.477. The van der Waals surface area contributed by atoms with Gasteiger partial charge in [0.05, 0.1) is 0 Å². The first kappa shape index (κ1) is 4.85. The Kier molecular flexibility index (Phi) is 1.47. The zero-order valence-electron chi connectivity index (χ0n) is 4.65. The van der Waals surface area contributed by atoms with E-state index in [2.05, 4.69) is 24.4 Å². The molecule has 1 heterocycles. The Hall–Kier alpha value is -0.300. The second-order valence-corrected chi connectivity index (χ2v) is 1.94. The number of hydrogen-bond donors (Lipinski definition) is 1. The standard InChI is InChI=1S/C6H11N/c1-2-3-6-4-7-5-6/h2-3,6-7H,4-5H2,1H3. The average molecular weight is 97.2 g/mol. The average Bonchev–Trinajstić information content (AvgIpc) is 1.55. The van der Waals surface area contributed by atoms with Crippen LogP contribution in [0.25, 0.3) is 0 Å². The van der Waals surface area contributed by atoms with E-state index in [0.29, 0.717) is 0 Å². The monoisotopic (exact) mass is 97.1 g/mol. The van der Waals surface area contributed by atoms with Gasteiger partial charge >= 0.3 is 0 Å². The molecule has 7 heavy (non-hydrogen) atoms. The van der Waals surface area contributed by atoms with Gasteiger partial charge in [0.15, 0.2) is 0 Å². The molecule has 0 unspecified atom stereocenters. The van der Waals surface area contributed by atoms with Gasteiger partial charge in [-0.05, 0) is 6.92 Å². The molecule has 1 N–H and O–H groups in total. The highest BCUT2D eigenvalue weighted by atomic mass is 14.9. The van der Waals surface area contributed by atoms with Crippen LogP contribution in [-0.2, 0) is 0 Å². The Balaban J connectivity index is 2.14. The van der Waals surface area contributed by atoms with Crippen LogP contribution in [0, 0.1) is 5.92 Å². The number of allylic oxidation sites excluding steroid dienone is 1. The minimum Gasteiger partial charge on any atom is -0.315 e. The maximum absolute atomic E-state index is 3.19. The Bertz CT molecular complexity index is 72.2. The fraction of sp³-hybridized carbons (Fsp3) is 0.667. The largest absolute Gasteiger partial charge is 0.315 e. The molecule has 0 amide bonds. The summed E-state index contributed by atoms with van der Waals surface area (Å²) in [5.74, 6) is 0.838. The zero-order valence-corrected chi connectivity index (χ0v) is 4.65. The van der Waals surface area contributed by atoms with Gasteiger partial charge in [-0.1, -0.05) is 12.2 Å². The van der Waals surface area contributed by atoms with Crippen molar-refractivity contribution in [3.63, 3.8) is 0 Å². The molecular formula is C6H11N. The first-order valence-corrected chi connectivity index (χ1v) is 2.77. The highest BCUT2D eigenvalue weighted by molar-refractivity contribution is 4.93. The van der Waals surface area contributed by atoms with Gasteiger partial charge in [0.2, 0.25) is 0 Å². The second kappa shape index (κ2) is 2.12. The van der Waals surface area contributed by atoms with Gasteiger partial charge in [-0.15, -0.1) is 0 Å². The molecule has 0 spiro atoms. The molecule has 0 aliphatic carbocycles. The predicted molar refractivity (Wildman–Crippen MR) is 31.2 cm³/mol. The third-order valence-corrected chi connectivity index (χ3v) is 1.28. The summed E-state index contributed by atoms with van der Waals surface area (Å²) in [6.45, 7) is 4.44. The molecule has 40 valence electrons. The van der Waals surface area contributed by atoms with Crippen LogP contribution in [0.4, 0.5) is 0 Å². The molecule has 0 aromatic heterocycles. The van der Waals surface area contributed by atoms with Crippen molar-refractivity contribution in [1.82, 2.24) is 5.32 Å². The van der Waals surface area contributed by atoms with Gasteiger partial charge in [-0.3, -0.25) is 0 Å². The van der Waals surface area contributed by atoms with Gasteiger partial charge in [0.25, 0.3) is 0 Å². The van der Waals surface area contributed by atoms with Crippen LogP contribution < -0.4 is 5.32 Å². The van der Waals surface area contributed by atoms with Crippen LogP contribution >= 0.6 is 0 Å². The molecule has 0 atom stereocenters. The zero-order chi connectivity index (χ0) is 5.11. The fourth-order valence-corrected chi connectivity index (χ4v) is 0.719. The van der Waals surface area contributed by atoms with E-state index in [-0.39, 0.29) is 0 Å². The molecule has 0 aromatic rings. The first-order chi connectivity index (χ1) is 3.43. The van der Waals surface area contributed by atoms with Crippen LogP contribution in [-0.4, -0.2) is 13.1 Å². The molecule has 1 aliphatic rings. The third kappa shape index (κ3) is 1.03. The Morgan fingerprint density at radius 2 is 2.29 bits per heavy atom. The van der Waals surface area contributed by atoms with E-state index in [1.165, 1.54) is 13.1 Å². The van der Waals surface area contributed by atoms with Gasteiger partial charge in [0.1, 0.15) is 0 Å². The van der Waals surface area contributed by atoms with E-state index in [1.54, 1.807) is 0 Å². The topological polar surface area (TPSA) is 12.0 Å². The molecule has 1 nitrogen and oxygen atoms in total. The molecule has 1 aliphatic heterocycles. The van der Waals surface area contributed by atoms with E-state index in [1.807, 2.05) is 0 Å². The summed E-state index contributed by atoms with van der Waals surface area (Å²) in [5.41, 5.74) is 0. The molecule has 1 heteroatoms. The van der Waals surface area contributed by atoms with Gasteiger partial charge < -0.3 is 5.32 Å². The lowest BCUT2D eigenvalue weighted by Gasteiger charge is -2.23. The lowest BCUT2D eigenvalue weighted by molar-refractivity contribution is 0.418. The number of hydrogen-bond acceptors (Lipinski definition) is 1. The lowest BCUT2D eigenvalue weighted by atomic mass is 10.0. The molecule has 0 radical (unpaired) electrons. The van der Waals surface area contributed by atoms with Crippen molar-refractivity contribution < 1.29 is 0 Å². The Labute approximate surface area is 44.4 Å². The summed E-state index contributed by atoms with van der Waals surface area (Å²) < 4.78 is 0. The molecule has 1 fully saturated rings. The summed E-state index contributed by atoms with van der Waals surface area (Å²) in [4.78, 5) is 0. The van der Waals surface area contributed by atoms with Crippen LogP contribution in [0.15, 0.2) is 12.2 Å². The van der Waals surface area contributed by atoms with Crippen molar-refractivity contribution in [3.05, 3.63) is 12.2 Å². The SMILES string of the molecule is CC=CC1CNC1. The van der Waals surface area contributed by atoms with Crippen molar-refractivity contribution in [2.75, 3.05) is 13.1 Å². The minimum absolute atomic E-state index is 0.838. The van der Waals surface area contributed by atoms with Crippen LogP contribution in [0.3, 0.4) is 0 Å². The van der Waals surface area contributed by atoms with E-state index < -0.39 is 0 Å². The summed E-state index contributed by atoms with van der Waals surface area (Å²) in [6.07, 6.45) is 4.36. The second-order valence-electron chi connectivity index (χ2n) is 1.94. The Morgan fingerprint density at radius 1 is 1.57 bits per heavy atom. The fourth-order valence-electron chi connectivity index (χ4n) is 0.719. The minimum atomic E-state index is 0.838. The van der Waals surface area contributed by atoms with Gasteiger partial charge in [-0.2, -0.15) is 0 Å². The van der Waals surface area contributed by atoms with E-state index in [0.717, 1.165) is 5.92 Å². The van der Waals surface area contributed by atoms with Crippen molar-refractivity contribution in [3.8, 4) is 0 Å². The van der Waals surface area contributed by atoms with Crippen molar-refractivity contribution >= 4 is 0 Å². The molecule has 1 saturated heterocycles. The normalized spacial score (nSPS) is 23.0. The van der Waals surface area contributed by atoms with Gasteiger partial charge in [0, 0.05) is 19.0 Å². The van der Waals surface area contributed by atoms with Crippen molar-refractivity contribution in [2.45, 2.75) is 6.92 Å². The molecular weight excluding hydrogens is 86.1 g/mol. The summed E-state index contributed by atoms with van der Waals surface area (Å²) in [5, 5.41) is 3.19. The maximum atomic E-state index is 3.19. The van der Waals surface area contributed by atoms with E-state index >= 15 is 0 Å². The van der Waals surface area contributed by atoms with Crippen LogP contribution in [0.1, 0.15) is 6.92 Å². The smallest absolute Gasteiger partial charge is 0.00266 e. The molecule has 0 aromatic carbocycles. The Morgan fingerprint density at radius 3 is 2.43 bits per heavy atom. The third-order valence-electron chi connectivity index (χ3n) is 1.28. The maximum Gasteiger partial charge on any atom is 0.00266 e. The van der Waals surface area contributed by atoms with E-state index in [9.17, 15) is 0 Å². The number of nitrogens with one attached hydrogen (secondary N) is 1. The molecule has 1 rings (SSSR count). The van der Waals surface area contributed by atoms with Gasteiger partial charge in [-0.25, -0.2) is 0 Å². The van der Waals surface area contributed by atoms with Crippen molar-refractivity contribution in [1.29, 1.82) is 0 Å². The highest BCUT2D eigenvalue weighted by Gasteiger charge is 2.10. The van der Waals surface area contributed by atoms with Crippen LogP contribution in [0.2, 0.25) is 0 Å². The highest BCUT2D eigenvalue weighted by Crippen LogP contribution is 2.02.